The summed E-state index contributed by atoms with van der Waals surface area (Å²) < 4.78 is 39.0. The Morgan fingerprint density at radius 2 is 1.63 bits per heavy atom. The molecule has 7 heteroatoms. The molecule has 1 aromatic heterocycles. The van der Waals surface area contributed by atoms with Gasteiger partial charge in [-0.3, -0.25) is 4.72 Å². The summed E-state index contributed by atoms with van der Waals surface area (Å²) in [5, 5.41) is 0.473. The molecule has 3 aromatic carbocycles. The molecule has 0 bridgehead atoms. The Kier molecular flexibility index (Phi) is 5.29. The van der Waals surface area contributed by atoms with Gasteiger partial charge in [-0.1, -0.05) is 48.5 Å². The zero-order chi connectivity index (χ0) is 21.1. The normalized spacial score (nSPS) is 11.4. The Morgan fingerprint density at radius 3 is 2.30 bits per heavy atom. The van der Waals surface area contributed by atoms with Crippen molar-refractivity contribution in [3.63, 3.8) is 0 Å². The van der Waals surface area contributed by atoms with Crippen molar-refractivity contribution in [3.8, 4) is 11.3 Å². The van der Waals surface area contributed by atoms with Crippen LogP contribution in [0.5, 0.6) is 0 Å². The fraction of sp³-hybridized carbons (Fsp3) is 0.0870. The summed E-state index contributed by atoms with van der Waals surface area (Å²) in [5.41, 5.74) is 1.76. The van der Waals surface area contributed by atoms with Crippen molar-refractivity contribution in [2.24, 2.45) is 0 Å². The summed E-state index contributed by atoms with van der Waals surface area (Å²) >= 11 is 0. The number of ether oxygens (including phenoxy) is 1. The molecule has 0 spiro atoms. The molecule has 0 radical (unpaired) electrons. The highest BCUT2D eigenvalue weighted by atomic mass is 32.2. The molecule has 4 rings (SSSR count). The van der Waals surface area contributed by atoms with E-state index in [0.717, 1.165) is 5.56 Å². The number of benzene rings is 3. The van der Waals surface area contributed by atoms with Gasteiger partial charge in [0.15, 0.2) is 0 Å². The van der Waals surface area contributed by atoms with Gasteiger partial charge < -0.3 is 9.15 Å². The van der Waals surface area contributed by atoms with Crippen LogP contribution in [0.15, 0.2) is 88.2 Å². The first kappa shape index (κ1) is 19.7. The van der Waals surface area contributed by atoms with Crippen molar-refractivity contribution in [3.05, 3.63) is 84.4 Å². The van der Waals surface area contributed by atoms with Crippen LogP contribution in [0.25, 0.3) is 22.3 Å². The summed E-state index contributed by atoms with van der Waals surface area (Å²) in [6.45, 7) is 1.93. The van der Waals surface area contributed by atoms with Crippen molar-refractivity contribution in [1.82, 2.24) is 0 Å². The maximum absolute atomic E-state index is 12.7. The molecule has 0 atom stereocenters. The average Bonchev–Trinajstić information content (AvgIpc) is 3.14. The van der Waals surface area contributed by atoms with Gasteiger partial charge in [0.25, 0.3) is 10.0 Å². The van der Waals surface area contributed by atoms with Crippen LogP contribution in [0, 0.1) is 0 Å². The first-order valence-corrected chi connectivity index (χ1v) is 10.8. The summed E-state index contributed by atoms with van der Waals surface area (Å²) in [6.07, 6.45) is 0. The number of sulfonamides is 1. The highest BCUT2D eigenvalue weighted by molar-refractivity contribution is 7.92. The van der Waals surface area contributed by atoms with Gasteiger partial charge in [0.1, 0.15) is 16.9 Å². The van der Waals surface area contributed by atoms with Crippen LogP contribution in [-0.2, 0) is 14.8 Å². The van der Waals surface area contributed by atoms with E-state index in [1.165, 1.54) is 12.1 Å². The molecule has 0 amide bonds. The molecule has 0 saturated carbocycles. The molecule has 4 aromatic rings. The fourth-order valence-electron chi connectivity index (χ4n) is 3.17. The van der Waals surface area contributed by atoms with E-state index in [0.29, 0.717) is 22.4 Å². The van der Waals surface area contributed by atoms with E-state index in [2.05, 4.69) is 4.72 Å². The highest BCUT2D eigenvalue weighted by Crippen LogP contribution is 2.36. The number of furan rings is 1. The Bertz CT molecular complexity index is 1300. The van der Waals surface area contributed by atoms with Gasteiger partial charge in [0.2, 0.25) is 0 Å². The Hall–Kier alpha value is -3.58. The van der Waals surface area contributed by atoms with Gasteiger partial charge in [-0.25, -0.2) is 13.2 Å². The predicted molar refractivity (Wildman–Crippen MR) is 115 cm³/mol. The lowest BCUT2D eigenvalue weighted by Crippen LogP contribution is -2.12. The first-order valence-electron chi connectivity index (χ1n) is 9.36. The number of anilines is 1. The molecule has 1 heterocycles. The number of carbonyl (C=O) groups excluding carboxylic acids is 1. The fourth-order valence-corrected chi connectivity index (χ4v) is 4.24. The van der Waals surface area contributed by atoms with E-state index < -0.39 is 16.0 Å². The molecule has 0 aliphatic rings. The van der Waals surface area contributed by atoms with Gasteiger partial charge in [0.05, 0.1) is 11.5 Å². The maximum atomic E-state index is 12.7. The summed E-state index contributed by atoms with van der Waals surface area (Å²) in [4.78, 5) is 12.9. The van der Waals surface area contributed by atoms with Crippen LogP contribution in [0.2, 0.25) is 0 Å². The minimum atomic E-state index is -3.77. The average molecular weight is 421 g/mol. The van der Waals surface area contributed by atoms with Crippen LogP contribution < -0.4 is 4.72 Å². The molecule has 0 unspecified atom stereocenters. The van der Waals surface area contributed by atoms with Crippen molar-refractivity contribution >= 4 is 32.6 Å². The number of fused-ring (bicyclic) bond motifs is 1. The van der Waals surface area contributed by atoms with Gasteiger partial charge in [-0.15, -0.1) is 0 Å². The number of carbonyl (C=O) groups is 1. The lowest BCUT2D eigenvalue weighted by Gasteiger charge is -2.08. The Morgan fingerprint density at radius 1 is 0.967 bits per heavy atom. The molecule has 0 aliphatic heterocycles. The minimum absolute atomic E-state index is 0.146. The third kappa shape index (κ3) is 3.79. The largest absolute Gasteiger partial charge is 0.462 e. The van der Waals surface area contributed by atoms with Gasteiger partial charge >= 0.3 is 5.97 Å². The van der Waals surface area contributed by atoms with E-state index in [1.54, 1.807) is 43.3 Å². The van der Waals surface area contributed by atoms with Crippen molar-refractivity contribution in [2.75, 3.05) is 11.3 Å². The Balaban J connectivity index is 1.82. The van der Waals surface area contributed by atoms with Crippen LogP contribution in [0.3, 0.4) is 0 Å². The SMILES string of the molecule is CCOC(=O)c1c(-c2ccccc2)oc2ccc(NS(=O)(=O)c3ccccc3)cc12. The molecule has 1 N–H and O–H groups in total. The zero-order valence-corrected chi connectivity index (χ0v) is 17.0. The van der Waals surface area contributed by atoms with Crippen LogP contribution >= 0.6 is 0 Å². The van der Waals surface area contributed by atoms with Gasteiger partial charge in [-0.05, 0) is 37.3 Å². The van der Waals surface area contributed by atoms with Crippen LogP contribution in [0.1, 0.15) is 17.3 Å². The van der Waals surface area contributed by atoms with Crippen LogP contribution in [-0.4, -0.2) is 21.0 Å². The second kappa shape index (κ2) is 8.04. The number of nitrogens with one attached hydrogen (secondary N) is 1. The highest BCUT2D eigenvalue weighted by Gasteiger charge is 2.24. The quantitative estimate of drug-likeness (QED) is 0.439. The van der Waals surface area contributed by atoms with E-state index in [9.17, 15) is 13.2 Å². The molecule has 6 nitrogen and oxygen atoms in total. The van der Waals surface area contributed by atoms with Gasteiger partial charge in [0, 0.05) is 16.6 Å². The first-order chi connectivity index (χ1) is 14.5. The lowest BCUT2D eigenvalue weighted by atomic mass is 10.1. The summed E-state index contributed by atoms with van der Waals surface area (Å²) in [6, 6.07) is 22.1. The molecule has 152 valence electrons. The number of hydrogen-bond acceptors (Lipinski definition) is 5. The van der Waals surface area contributed by atoms with E-state index in [4.69, 9.17) is 9.15 Å². The zero-order valence-electron chi connectivity index (χ0n) is 16.2. The topological polar surface area (TPSA) is 85.6 Å². The van der Waals surface area contributed by atoms with E-state index in [1.807, 2.05) is 30.3 Å². The van der Waals surface area contributed by atoms with Crippen LogP contribution in [0.4, 0.5) is 5.69 Å². The number of hydrogen-bond donors (Lipinski definition) is 1. The molecular weight excluding hydrogens is 402 g/mol. The van der Waals surface area contributed by atoms with Gasteiger partial charge in [-0.2, -0.15) is 0 Å². The Labute approximate surface area is 174 Å². The monoisotopic (exact) mass is 421 g/mol. The molecule has 0 saturated heterocycles. The van der Waals surface area contributed by atoms with E-state index in [-0.39, 0.29) is 17.1 Å². The predicted octanol–water partition coefficient (Wildman–Crippen LogP) is 5.08. The summed E-state index contributed by atoms with van der Waals surface area (Å²) in [5.74, 6) is -0.148. The number of esters is 1. The second-order valence-corrected chi connectivity index (χ2v) is 8.20. The van der Waals surface area contributed by atoms with E-state index >= 15 is 0 Å². The minimum Gasteiger partial charge on any atom is -0.462 e. The smallest absolute Gasteiger partial charge is 0.342 e. The molecular formula is C23H19NO5S. The molecule has 0 fully saturated rings. The third-order valence-corrected chi connectivity index (χ3v) is 5.91. The maximum Gasteiger partial charge on any atom is 0.342 e. The second-order valence-electron chi connectivity index (χ2n) is 6.52. The third-order valence-electron chi connectivity index (χ3n) is 4.51. The lowest BCUT2D eigenvalue weighted by molar-refractivity contribution is 0.0528. The standard InChI is InChI=1S/C23H19NO5S/c1-2-28-23(25)21-19-15-17(24-30(26,27)18-11-7-4-8-12-18)13-14-20(19)29-22(21)16-9-5-3-6-10-16/h3-15,24H,2H2,1H3. The molecule has 30 heavy (non-hydrogen) atoms. The number of rotatable bonds is 6. The van der Waals surface area contributed by atoms with Crippen molar-refractivity contribution in [1.29, 1.82) is 0 Å². The molecule has 0 aliphatic carbocycles. The van der Waals surface area contributed by atoms with Crippen molar-refractivity contribution < 1.29 is 22.4 Å². The van der Waals surface area contributed by atoms with Crippen molar-refractivity contribution in [2.45, 2.75) is 11.8 Å². The summed E-state index contributed by atoms with van der Waals surface area (Å²) in [7, 11) is -3.77.